The van der Waals surface area contributed by atoms with Crippen LogP contribution in [-0.4, -0.2) is 23.3 Å². The molecule has 0 unspecified atom stereocenters. The first kappa shape index (κ1) is 13.1. The molecular formula is C9H9ClN4O2S2. The van der Waals surface area contributed by atoms with E-state index in [0.717, 1.165) is 4.68 Å². The second-order valence-corrected chi connectivity index (χ2v) is 6.34. The molecule has 2 aromatic rings. The first-order chi connectivity index (χ1) is 8.40. The number of nitrogen functional groups attached to an aromatic ring is 1. The molecule has 2 rings (SSSR count). The minimum atomic E-state index is -3.53. The van der Waals surface area contributed by atoms with E-state index in [-0.39, 0.29) is 21.2 Å². The van der Waals surface area contributed by atoms with E-state index >= 15 is 0 Å². The van der Waals surface area contributed by atoms with E-state index in [1.165, 1.54) is 24.3 Å². The van der Waals surface area contributed by atoms with Gasteiger partial charge in [-0.1, -0.05) is 11.6 Å². The number of sulfone groups is 1. The summed E-state index contributed by atoms with van der Waals surface area (Å²) >= 11 is 10.5. The van der Waals surface area contributed by atoms with E-state index in [4.69, 9.17) is 29.7 Å². The first-order valence-electron chi connectivity index (χ1n) is 4.80. The molecule has 0 radical (unpaired) electrons. The van der Waals surface area contributed by atoms with Crippen LogP contribution in [0.25, 0.3) is 0 Å². The van der Waals surface area contributed by atoms with Crippen LogP contribution in [0.1, 0.15) is 5.82 Å². The lowest BCUT2D eigenvalue weighted by Crippen LogP contribution is -2.16. The van der Waals surface area contributed by atoms with Crippen molar-refractivity contribution in [3.8, 4) is 0 Å². The Morgan fingerprint density at radius 3 is 2.50 bits per heavy atom. The van der Waals surface area contributed by atoms with Crippen molar-refractivity contribution in [3.63, 3.8) is 0 Å². The number of nitrogens with zero attached hydrogens (tertiary/aromatic N) is 2. The van der Waals surface area contributed by atoms with Crippen molar-refractivity contribution in [2.45, 2.75) is 10.6 Å². The van der Waals surface area contributed by atoms with Crippen molar-refractivity contribution in [1.82, 2.24) is 14.9 Å². The minimum Gasteiger partial charge on any atom is -0.335 e. The summed E-state index contributed by atoms with van der Waals surface area (Å²) in [5, 5.41) is 6.65. The molecule has 0 spiro atoms. The van der Waals surface area contributed by atoms with Crippen LogP contribution in [0.2, 0.25) is 5.02 Å². The molecule has 96 valence electrons. The Morgan fingerprint density at radius 2 is 2.00 bits per heavy atom. The van der Waals surface area contributed by atoms with Gasteiger partial charge in [-0.3, -0.25) is 5.10 Å². The van der Waals surface area contributed by atoms with Crippen LogP contribution in [0.15, 0.2) is 29.2 Å². The molecular weight excluding hydrogens is 296 g/mol. The highest BCUT2D eigenvalue weighted by molar-refractivity contribution is 7.90. The second kappa shape index (κ2) is 4.71. The normalized spacial score (nSPS) is 11.6. The minimum absolute atomic E-state index is 0.148. The molecule has 1 heterocycles. The second-order valence-electron chi connectivity index (χ2n) is 3.53. The Balaban J connectivity index is 2.36. The zero-order chi connectivity index (χ0) is 13.3. The van der Waals surface area contributed by atoms with E-state index in [1.807, 2.05) is 0 Å². The number of benzene rings is 1. The molecule has 3 N–H and O–H groups in total. The maximum Gasteiger partial charge on any atom is 0.214 e. The lowest BCUT2D eigenvalue weighted by atomic mass is 10.4. The molecule has 6 nitrogen and oxygen atoms in total. The van der Waals surface area contributed by atoms with Crippen LogP contribution in [0.3, 0.4) is 0 Å². The van der Waals surface area contributed by atoms with E-state index in [2.05, 4.69) is 10.2 Å². The predicted octanol–water partition coefficient (Wildman–Crippen LogP) is 1.28. The third-order valence-electron chi connectivity index (χ3n) is 2.27. The van der Waals surface area contributed by atoms with Gasteiger partial charge in [0.2, 0.25) is 4.77 Å². The Bertz CT molecular complexity index is 718. The monoisotopic (exact) mass is 304 g/mol. The maximum atomic E-state index is 12.1. The van der Waals surface area contributed by atoms with Gasteiger partial charge in [-0.05, 0) is 36.5 Å². The highest BCUT2D eigenvalue weighted by atomic mass is 35.5. The summed E-state index contributed by atoms with van der Waals surface area (Å²) in [4.78, 5) is 0.154. The summed E-state index contributed by atoms with van der Waals surface area (Å²) < 4.78 is 25.3. The zero-order valence-corrected chi connectivity index (χ0v) is 11.4. The van der Waals surface area contributed by atoms with Gasteiger partial charge >= 0.3 is 0 Å². The first-order valence-corrected chi connectivity index (χ1v) is 7.24. The zero-order valence-electron chi connectivity index (χ0n) is 9.00. The van der Waals surface area contributed by atoms with Crippen LogP contribution in [-0.2, 0) is 15.6 Å². The molecule has 0 saturated carbocycles. The van der Waals surface area contributed by atoms with Crippen molar-refractivity contribution < 1.29 is 8.42 Å². The summed E-state index contributed by atoms with van der Waals surface area (Å²) in [5.74, 6) is 5.36. The molecule has 1 aromatic carbocycles. The Labute approximate surface area is 113 Å². The van der Waals surface area contributed by atoms with Gasteiger partial charge in [-0.15, -0.1) is 0 Å². The fourth-order valence-electron chi connectivity index (χ4n) is 1.33. The number of hydrogen-bond acceptors (Lipinski definition) is 5. The summed E-state index contributed by atoms with van der Waals surface area (Å²) in [6.07, 6.45) is 0. The summed E-state index contributed by atoms with van der Waals surface area (Å²) in [7, 11) is -3.53. The van der Waals surface area contributed by atoms with E-state index in [0.29, 0.717) is 5.02 Å². The quantitative estimate of drug-likeness (QED) is 0.658. The fourth-order valence-corrected chi connectivity index (χ4v) is 2.87. The van der Waals surface area contributed by atoms with Crippen molar-refractivity contribution in [3.05, 3.63) is 39.9 Å². The van der Waals surface area contributed by atoms with Crippen molar-refractivity contribution in [1.29, 1.82) is 0 Å². The number of nitrogens with two attached hydrogens (primary N) is 1. The van der Waals surface area contributed by atoms with Crippen molar-refractivity contribution >= 4 is 33.7 Å². The van der Waals surface area contributed by atoms with Gasteiger partial charge in [0.25, 0.3) is 0 Å². The van der Waals surface area contributed by atoms with Gasteiger partial charge in [0, 0.05) is 5.02 Å². The Kier molecular flexibility index (Phi) is 3.42. The number of hydrogen-bond donors (Lipinski definition) is 2. The van der Waals surface area contributed by atoms with Gasteiger partial charge in [-0.25, -0.2) is 13.1 Å². The van der Waals surface area contributed by atoms with Gasteiger partial charge in [-0.2, -0.15) is 5.10 Å². The van der Waals surface area contributed by atoms with Crippen molar-refractivity contribution in [2.24, 2.45) is 0 Å². The van der Waals surface area contributed by atoms with E-state index < -0.39 is 9.84 Å². The molecule has 0 aliphatic rings. The molecule has 0 fully saturated rings. The largest absolute Gasteiger partial charge is 0.335 e. The molecule has 1 aromatic heterocycles. The number of aromatic amines is 1. The molecule has 0 amide bonds. The smallest absolute Gasteiger partial charge is 0.214 e. The van der Waals surface area contributed by atoms with Crippen LogP contribution in [0.4, 0.5) is 0 Å². The maximum absolute atomic E-state index is 12.1. The average molecular weight is 305 g/mol. The van der Waals surface area contributed by atoms with Gasteiger partial charge in [0.1, 0.15) is 5.75 Å². The SMILES string of the molecule is Nn1c(CS(=O)(=O)c2ccc(Cl)cc2)n[nH]c1=S. The lowest BCUT2D eigenvalue weighted by molar-refractivity contribution is 0.593. The third-order valence-corrected chi connectivity index (χ3v) is 4.44. The highest BCUT2D eigenvalue weighted by Crippen LogP contribution is 2.17. The van der Waals surface area contributed by atoms with Gasteiger partial charge in [0.15, 0.2) is 15.7 Å². The van der Waals surface area contributed by atoms with Crippen LogP contribution < -0.4 is 5.84 Å². The number of halogens is 1. The fraction of sp³-hybridized carbons (Fsp3) is 0.111. The molecule has 0 bridgehead atoms. The molecule has 18 heavy (non-hydrogen) atoms. The third kappa shape index (κ3) is 2.55. The molecule has 0 saturated heterocycles. The van der Waals surface area contributed by atoms with Gasteiger partial charge < -0.3 is 5.84 Å². The molecule has 9 heteroatoms. The highest BCUT2D eigenvalue weighted by Gasteiger charge is 2.18. The average Bonchev–Trinajstić information content (AvgIpc) is 2.61. The topological polar surface area (TPSA) is 93.8 Å². The Hall–Kier alpha value is -1.38. The van der Waals surface area contributed by atoms with Crippen LogP contribution in [0, 0.1) is 4.77 Å². The van der Waals surface area contributed by atoms with Crippen LogP contribution >= 0.6 is 23.8 Å². The number of H-pyrrole nitrogens is 1. The van der Waals surface area contributed by atoms with E-state index in [9.17, 15) is 8.42 Å². The summed E-state index contributed by atoms with van der Waals surface area (Å²) in [6, 6.07) is 5.88. The lowest BCUT2D eigenvalue weighted by Gasteiger charge is -2.03. The van der Waals surface area contributed by atoms with Gasteiger partial charge in [0.05, 0.1) is 4.90 Å². The molecule has 0 aliphatic heterocycles. The number of nitrogens with one attached hydrogen (secondary N) is 1. The van der Waals surface area contributed by atoms with Crippen molar-refractivity contribution in [2.75, 3.05) is 5.84 Å². The summed E-state index contributed by atoms with van der Waals surface area (Å²) in [6.45, 7) is 0. The molecule has 0 aliphatic carbocycles. The van der Waals surface area contributed by atoms with Crippen LogP contribution in [0.5, 0.6) is 0 Å². The Morgan fingerprint density at radius 1 is 1.39 bits per heavy atom. The standard InChI is InChI=1S/C9H9ClN4O2S2/c10-6-1-3-7(4-2-6)18(15,16)5-8-12-13-9(17)14(8)11/h1-4H,5,11H2,(H,13,17). The predicted molar refractivity (Wildman–Crippen MR) is 69.9 cm³/mol. The summed E-state index contributed by atoms with van der Waals surface area (Å²) in [5.41, 5.74) is 0. The number of aromatic nitrogens is 3. The number of rotatable bonds is 3. The van der Waals surface area contributed by atoms with E-state index in [1.54, 1.807) is 0 Å². The molecule has 0 atom stereocenters.